The number of halogens is 1. The van der Waals surface area contributed by atoms with Gasteiger partial charge in [0.25, 0.3) is 5.56 Å². The molecule has 0 aliphatic heterocycles. The lowest BCUT2D eigenvalue weighted by atomic mass is 10.5. The van der Waals surface area contributed by atoms with Crippen molar-refractivity contribution in [1.82, 2.24) is 9.78 Å². The molecule has 1 aromatic rings. The van der Waals surface area contributed by atoms with Crippen LogP contribution in [0.1, 0.15) is 6.92 Å². The Bertz CT molecular complexity index is 320. The Morgan fingerprint density at radius 1 is 1.82 bits per heavy atom. The fourth-order valence-corrected chi connectivity index (χ4v) is 1.01. The maximum absolute atomic E-state index is 11.2. The van der Waals surface area contributed by atoms with Crippen LogP contribution in [0.25, 0.3) is 0 Å². The molecule has 11 heavy (non-hydrogen) atoms. The van der Waals surface area contributed by atoms with E-state index in [9.17, 15) is 4.79 Å². The highest BCUT2D eigenvalue weighted by Gasteiger charge is 2.03. The minimum Gasteiger partial charge on any atom is -0.396 e. The Hall–Kier alpha value is -0.840. The SMILES string of the molecule is CCn1ncc(N)c(Br)c1=O. The van der Waals surface area contributed by atoms with E-state index in [0.717, 1.165) is 0 Å². The Morgan fingerprint density at radius 2 is 2.45 bits per heavy atom. The van der Waals surface area contributed by atoms with E-state index >= 15 is 0 Å². The number of aromatic nitrogens is 2. The highest BCUT2D eigenvalue weighted by atomic mass is 79.9. The zero-order valence-electron chi connectivity index (χ0n) is 6.04. The number of hydrogen-bond acceptors (Lipinski definition) is 3. The molecule has 1 heterocycles. The number of nitrogen functional groups attached to an aromatic ring is 1. The van der Waals surface area contributed by atoms with Gasteiger partial charge in [-0.25, -0.2) is 4.68 Å². The Balaban J connectivity index is 3.37. The third-order valence-electron chi connectivity index (χ3n) is 1.31. The van der Waals surface area contributed by atoms with Crippen molar-refractivity contribution in [3.63, 3.8) is 0 Å². The van der Waals surface area contributed by atoms with Crippen molar-refractivity contribution in [2.24, 2.45) is 0 Å². The molecule has 4 nitrogen and oxygen atoms in total. The molecule has 0 bridgehead atoms. The van der Waals surface area contributed by atoms with Gasteiger partial charge < -0.3 is 5.73 Å². The van der Waals surface area contributed by atoms with Gasteiger partial charge >= 0.3 is 0 Å². The van der Waals surface area contributed by atoms with Crippen molar-refractivity contribution >= 4 is 21.6 Å². The van der Waals surface area contributed by atoms with Gasteiger partial charge in [0.1, 0.15) is 4.47 Å². The van der Waals surface area contributed by atoms with Crippen LogP contribution in [0.4, 0.5) is 5.69 Å². The van der Waals surface area contributed by atoms with Gasteiger partial charge in [-0.05, 0) is 22.9 Å². The lowest BCUT2D eigenvalue weighted by Crippen LogP contribution is -2.23. The molecule has 0 spiro atoms. The summed E-state index contributed by atoms with van der Waals surface area (Å²) in [5.74, 6) is 0. The molecule has 0 unspecified atom stereocenters. The molecular formula is C6H8BrN3O. The van der Waals surface area contributed by atoms with Crippen molar-refractivity contribution in [3.05, 3.63) is 21.0 Å². The van der Waals surface area contributed by atoms with Crippen LogP contribution in [0, 0.1) is 0 Å². The molecular weight excluding hydrogens is 210 g/mol. The number of nitrogens with zero attached hydrogens (tertiary/aromatic N) is 2. The van der Waals surface area contributed by atoms with Crippen LogP contribution < -0.4 is 11.3 Å². The van der Waals surface area contributed by atoms with E-state index in [1.807, 2.05) is 6.92 Å². The number of anilines is 1. The molecule has 0 aromatic carbocycles. The lowest BCUT2D eigenvalue weighted by Gasteiger charge is -2.01. The third-order valence-corrected chi connectivity index (χ3v) is 2.11. The minimum atomic E-state index is -0.187. The normalized spacial score (nSPS) is 10.0. The van der Waals surface area contributed by atoms with Crippen molar-refractivity contribution in [1.29, 1.82) is 0 Å². The summed E-state index contributed by atoms with van der Waals surface area (Å²) in [5.41, 5.74) is 5.61. The third kappa shape index (κ3) is 1.42. The summed E-state index contributed by atoms with van der Waals surface area (Å²) in [5, 5.41) is 3.81. The van der Waals surface area contributed by atoms with Crippen LogP contribution in [-0.2, 0) is 6.54 Å². The lowest BCUT2D eigenvalue weighted by molar-refractivity contribution is 0.613. The maximum Gasteiger partial charge on any atom is 0.283 e. The molecule has 5 heteroatoms. The van der Waals surface area contributed by atoms with Crippen LogP contribution in [0.15, 0.2) is 15.5 Å². The largest absolute Gasteiger partial charge is 0.396 e. The fraction of sp³-hybridized carbons (Fsp3) is 0.333. The first-order valence-corrected chi connectivity index (χ1v) is 3.97. The summed E-state index contributed by atoms with van der Waals surface area (Å²) >= 11 is 3.07. The van der Waals surface area contributed by atoms with Crippen LogP contribution >= 0.6 is 15.9 Å². The van der Waals surface area contributed by atoms with E-state index in [2.05, 4.69) is 21.0 Å². The van der Waals surface area contributed by atoms with Gasteiger partial charge in [0, 0.05) is 6.54 Å². The fourth-order valence-electron chi connectivity index (χ4n) is 0.703. The number of hydrogen-bond donors (Lipinski definition) is 1. The number of aryl methyl sites for hydroxylation is 1. The van der Waals surface area contributed by atoms with Gasteiger partial charge in [-0.1, -0.05) is 0 Å². The highest BCUT2D eigenvalue weighted by Crippen LogP contribution is 2.10. The molecule has 0 saturated heterocycles. The van der Waals surface area contributed by atoms with Crippen LogP contribution in [0.2, 0.25) is 0 Å². The van der Waals surface area contributed by atoms with Gasteiger partial charge in [-0.3, -0.25) is 4.79 Å². The van der Waals surface area contributed by atoms with Gasteiger partial charge in [-0.15, -0.1) is 0 Å². The van der Waals surface area contributed by atoms with E-state index in [1.165, 1.54) is 10.9 Å². The quantitative estimate of drug-likeness (QED) is 0.751. The molecule has 0 aliphatic rings. The second kappa shape index (κ2) is 3.04. The van der Waals surface area contributed by atoms with Crippen molar-refractivity contribution < 1.29 is 0 Å². The predicted molar refractivity (Wildman–Crippen MR) is 46.3 cm³/mol. The summed E-state index contributed by atoms with van der Waals surface area (Å²) < 4.78 is 1.72. The summed E-state index contributed by atoms with van der Waals surface area (Å²) in [6.45, 7) is 2.40. The molecule has 2 N–H and O–H groups in total. The first-order chi connectivity index (χ1) is 5.16. The van der Waals surface area contributed by atoms with Crippen LogP contribution in [0.3, 0.4) is 0 Å². The van der Waals surface area contributed by atoms with Gasteiger partial charge in [0.2, 0.25) is 0 Å². The smallest absolute Gasteiger partial charge is 0.283 e. The molecule has 1 aromatic heterocycles. The second-order valence-corrected chi connectivity index (χ2v) is 2.83. The molecule has 0 atom stereocenters. The summed E-state index contributed by atoms with van der Waals surface area (Å²) in [7, 11) is 0. The first-order valence-electron chi connectivity index (χ1n) is 3.18. The Morgan fingerprint density at radius 3 is 3.00 bits per heavy atom. The zero-order valence-corrected chi connectivity index (χ0v) is 7.63. The Kier molecular flexibility index (Phi) is 2.28. The van der Waals surface area contributed by atoms with Crippen molar-refractivity contribution in [2.75, 3.05) is 5.73 Å². The average molecular weight is 218 g/mol. The van der Waals surface area contributed by atoms with Gasteiger partial charge in [0.15, 0.2) is 0 Å². The second-order valence-electron chi connectivity index (χ2n) is 2.03. The van der Waals surface area contributed by atoms with E-state index in [4.69, 9.17) is 5.73 Å². The summed E-state index contributed by atoms with van der Waals surface area (Å²) in [4.78, 5) is 11.2. The molecule has 0 saturated carbocycles. The van der Waals surface area contributed by atoms with E-state index in [1.54, 1.807) is 0 Å². The highest BCUT2D eigenvalue weighted by molar-refractivity contribution is 9.10. The monoisotopic (exact) mass is 217 g/mol. The molecule has 0 fully saturated rings. The predicted octanol–water partition coefficient (Wildman–Crippen LogP) is 0.608. The Labute approximate surface area is 72.1 Å². The van der Waals surface area contributed by atoms with E-state index in [-0.39, 0.29) is 5.56 Å². The van der Waals surface area contributed by atoms with Gasteiger partial charge in [-0.2, -0.15) is 5.10 Å². The van der Waals surface area contributed by atoms with E-state index in [0.29, 0.717) is 16.7 Å². The minimum absolute atomic E-state index is 0.187. The molecule has 0 amide bonds. The maximum atomic E-state index is 11.2. The van der Waals surface area contributed by atoms with Crippen molar-refractivity contribution in [3.8, 4) is 0 Å². The van der Waals surface area contributed by atoms with E-state index < -0.39 is 0 Å². The molecule has 60 valence electrons. The molecule has 0 radical (unpaired) electrons. The molecule has 1 rings (SSSR count). The topological polar surface area (TPSA) is 60.9 Å². The number of rotatable bonds is 1. The van der Waals surface area contributed by atoms with Crippen LogP contribution in [0.5, 0.6) is 0 Å². The summed E-state index contributed by atoms with van der Waals surface area (Å²) in [6.07, 6.45) is 1.45. The summed E-state index contributed by atoms with van der Waals surface area (Å²) in [6, 6.07) is 0. The van der Waals surface area contributed by atoms with Crippen molar-refractivity contribution in [2.45, 2.75) is 13.5 Å². The standard InChI is InChI=1S/C6H8BrN3O/c1-2-10-6(11)5(7)4(8)3-9-10/h3H,2,8H2,1H3. The zero-order chi connectivity index (χ0) is 8.43. The average Bonchev–Trinajstić information content (AvgIpc) is 2.01. The van der Waals surface area contributed by atoms with Gasteiger partial charge in [0.05, 0.1) is 11.9 Å². The first kappa shape index (κ1) is 8.26. The number of nitrogens with two attached hydrogens (primary N) is 1. The molecule has 0 aliphatic carbocycles. The van der Waals surface area contributed by atoms with Crippen LogP contribution in [-0.4, -0.2) is 9.78 Å².